The van der Waals surface area contributed by atoms with Crippen LogP contribution in [-0.2, 0) is 28.6 Å². The van der Waals surface area contributed by atoms with E-state index < -0.39 is 58.2 Å². The van der Waals surface area contributed by atoms with Crippen LogP contribution in [0.1, 0.15) is 51.2 Å². The third-order valence-electron chi connectivity index (χ3n) is 8.20. The van der Waals surface area contributed by atoms with Crippen LogP contribution in [0.25, 0.3) is 0 Å². The van der Waals surface area contributed by atoms with Crippen molar-refractivity contribution in [2.75, 3.05) is 13.2 Å². The fourth-order valence-electron chi connectivity index (χ4n) is 6.59. The third-order valence-corrected chi connectivity index (χ3v) is 8.20. The molecule has 7 atom stereocenters. The van der Waals surface area contributed by atoms with Crippen molar-refractivity contribution in [3.63, 3.8) is 0 Å². The molecule has 0 radical (unpaired) electrons. The minimum absolute atomic E-state index is 0.155. The van der Waals surface area contributed by atoms with Gasteiger partial charge in [0, 0.05) is 24.8 Å². The van der Waals surface area contributed by atoms with Crippen molar-refractivity contribution in [3.8, 4) is 0 Å². The first-order valence-electron chi connectivity index (χ1n) is 10.5. The zero-order chi connectivity index (χ0) is 21.3. The predicted octanol–water partition coefficient (Wildman–Crippen LogP) is 1.95. The lowest BCUT2D eigenvalue weighted by Gasteiger charge is -2.59. The highest BCUT2D eigenvalue weighted by Gasteiger charge is 2.79. The van der Waals surface area contributed by atoms with Crippen molar-refractivity contribution in [2.24, 2.45) is 22.7 Å². The van der Waals surface area contributed by atoms with Crippen LogP contribution < -0.4 is 0 Å². The minimum Gasteiger partial charge on any atom is -0.472 e. The van der Waals surface area contributed by atoms with Gasteiger partial charge in [-0.3, -0.25) is 14.4 Å². The van der Waals surface area contributed by atoms with Crippen LogP contribution in [0.3, 0.4) is 0 Å². The Morgan fingerprint density at radius 1 is 1.37 bits per heavy atom. The van der Waals surface area contributed by atoms with E-state index in [-0.39, 0.29) is 6.61 Å². The number of carbonyl (C=O) groups excluding carboxylic acids is 3. The van der Waals surface area contributed by atoms with Crippen LogP contribution in [-0.4, -0.2) is 47.7 Å². The molecule has 5 rings (SSSR count). The Labute approximate surface area is 173 Å². The average molecular weight is 418 g/mol. The van der Waals surface area contributed by atoms with Crippen LogP contribution >= 0.6 is 0 Å². The minimum atomic E-state index is -1.37. The Bertz CT molecular complexity index is 887. The number of hydrogen-bond acceptors (Lipinski definition) is 8. The first-order chi connectivity index (χ1) is 14.3. The highest BCUT2D eigenvalue weighted by molar-refractivity contribution is 5.95. The normalized spacial score (nSPS) is 44.8. The van der Waals surface area contributed by atoms with Gasteiger partial charge < -0.3 is 23.7 Å². The Balaban J connectivity index is 1.64. The molecule has 30 heavy (non-hydrogen) atoms. The first kappa shape index (κ1) is 19.8. The van der Waals surface area contributed by atoms with Gasteiger partial charge in [-0.2, -0.15) is 0 Å². The van der Waals surface area contributed by atoms with E-state index in [0.29, 0.717) is 25.9 Å². The first-order valence-corrected chi connectivity index (χ1v) is 10.5. The van der Waals surface area contributed by atoms with Crippen molar-refractivity contribution in [1.82, 2.24) is 0 Å². The van der Waals surface area contributed by atoms with E-state index >= 15 is 0 Å². The van der Waals surface area contributed by atoms with Crippen molar-refractivity contribution in [2.45, 2.75) is 57.3 Å². The molecule has 0 aromatic carbocycles. The molecule has 2 saturated heterocycles. The van der Waals surface area contributed by atoms with E-state index in [2.05, 4.69) is 0 Å². The van der Waals surface area contributed by atoms with Gasteiger partial charge in [-0.25, -0.2) is 0 Å². The van der Waals surface area contributed by atoms with Gasteiger partial charge in [-0.1, -0.05) is 13.3 Å². The maximum atomic E-state index is 13.5. The summed E-state index contributed by atoms with van der Waals surface area (Å²) in [6, 6.07) is 1.75. The molecule has 8 heteroatoms. The summed E-state index contributed by atoms with van der Waals surface area (Å²) in [5, 5.41) is 11.3. The molecule has 1 aromatic rings. The molecule has 4 fully saturated rings. The second-order valence-electron chi connectivity index (χ2n) is 9.27. The molecular weight excluding hydrogens is 392 g/mol. The summed E-state index contributed by atoms with van der Waals surface area (Å²) in [5.41, 5.74) is -2.30. The van der Waals surface area contributed by atoms with Crippen molar-refractivity contribution < 1.29 is 38.1 Å². The molecule has 8 nitrogen and oxygen atoms in total. The molecule has 7 unspecified atom stereocenters. The number of aliphatic hydroxyl groups is 1. The van der Waals surface area contributed by atoms with E-state index in [4.69, 9.17) is 18.6 Å². The highest BCUT2D eigenvalue weighted by atomic mass is 16.6. The molecule has 2 aliphatic heterocycles. The lowest BCUT2D eigenvalue weighted by Crippen LogP contribution is -2.71. The number of hydrogen-bond donors (Lipinski definition) is 1. The van der Waals surface area contributed by atoms with Crippen LogP contribution in [0.15, 0.2) is 23.0 Å². The van der Waals surface area contributed by atoms with Gasteiger partial charge in [0.05, 0.1) is 30.0 Å². The number of Topliss-reactive ketones (excluding diaryl/α,β-unsaturated/α-hetero) is 1. The van der Waals surface area contributed by atoms with Gasteiger partial charge in [-0.05, 0) is 24.8 Å². The number of epoxide rings is 1. The number of fused-ring (bicyclic) bond motifs is 3. The van der Waals surface area contributed by atoms with Crippen LogP contribution in [0.5, 0.6) is 0 Å². The van der Waals surface area contributed by atoms with E-state index in [1.807, 2.05) is 0 Å². The number of ether oxygens (including phenoxy) is 3. The number of carbonyl (C=O) groups is 3. The summed E-state index contributed by atoms with van der Waals surface area (Å²) >= 11 is 0. The van der Waals surface area contributed by atoms with Gasteiger partial charge in [0.2, 0.25) is 0 Å². The van der Waals surface area contributed by atoms with Gasteiger partial charge >= 0.3 is 11.9 Å². The average Bonchev–Trinajstić information content (AvgIpc) is 3.15. The van der Waals surface area contributed by atoms with Crippen LogP contribution in [0, 0.1) is 22.7 Å². The highest BCUT2D eigenvalue weighted by Crippen LogP contribution is 2.70. The molecular formula is C22H26O8. The quantitative estimate of drug-likeness (QED) is 0.585. The molecule has 0 bridgehead atoms. The summed E-state index contributed by atoms with van der Waals surface area (Å²) in [5.74, 6) is -2.48. The van der Waals surface area contributed by atoms with Crippen LogP contribution in [0.2, 0.25) is 0 Å². The Morgan fingerprint density at radius 3 is 2.77 bits per heavy atom. The summed E-state index contributed by atoms with van der Waals surface area (Å²) < 4.78 is 22.2. The number of furan rings is 1. The van der Waals surface area contributed by atoms with Crippen molar-refractivity contribution in [3.05, 3.63) is 24.2 Å². The van der Waals surface area contributed by atoms with E-state index in [1.54, 1.807) is 19.3 Å². The largest absolute Gasteiger partial charge is 0.472 e. The van der Waals surface area contributed by atoms with Crippen molar-refractivity contribution >= 4 is 17.7 Å². The number of ketones is 1. The van der Waals surface area contributed by atoms with E-state index in [9.17, 15) is 19.5 Å². The molecule has 4 aliphatic rings. The standard InChI is InChI=1S/C22H26O8/c1-12-17(24)18(25)22(11-28-13(2)23)16(4-3-6-20(22)10-29-20)21(12)8-15(30-19(21)26)14-5-7-27-9-14/h5,7,9,12,15-16,18,25H,3-4,6,8,10-11H2,1-2H3. The molecule has 2 spiro atoms. The number of rotatable bonds is 3. The second-order valence-corrected chi connectivity index (χ2v) is 9.27. The maximum Gasteiger partial charge on any atom is 0.313 e. The molecule has 1 aromatic heterocycles. The topological polar surface area (TPSA) is 116 Å². The lowest BCUT2D eigenvalue weighted by atomic mass is 9.42. The van der Waals surface area contributed by atoms with Gasteiger partial charge in [0.1, 0.15) is 24.4 Å². The monoisotopic (exact) mass is 418 g/mol. The zero-order valence-electron chi connectivity index (χ0n) is 17.1. The van der Waals surface area contributed by atoms with Crippen molar-refractivity contribution in [1.29, 1.82) is 0 Å². The smallest absolute Gasteiger partial charge is 0.313 e. The molecule has 2 aliphatic carbocycles. The molecule has 162 valence electrons. The zero-order valence-corrected chi connectivity index (χ0v) is 17.1. The number of esters is 2. The van der Waals surface area contributed by atoms with E-state index in [1.165, 1.54) is 13.2 Å². The molecule has 1 N–H and O–H groups in total. The molecule has 2 saturated carbocycles. The Morgan fingerprint density at radius 2 is 2.13 bits per heavy atom. The lowest BCUT2D eigenvalue weighted by molar-refractivity contribution is -0.215. The van der Waals surface area contributed by atoms with Gasteiger partial charge in [0.25, 0.3) is 0 Å². The van der Waals surface area contributed by atoms with E-state index in [0.717, 1.165) is 12.0 Å². The number of cyclic esters (lactones) is 1. The van der Waals surface area contributed by atoms with Crippen LogP contribution in [0.4, 0.5) is 0 Å². The summed E-state index contributed by atoms with van der Waals surface area (Å²) in [7, 11) is 0. The number of aliphatic hydroxyl groups excluding tert-OH is 1. The second kappa shape index (κ2) is 6.40. The van der Waals surface area contributed by atoms with Gasteiger partial charge in [-0.15, -0.1) is 0 Å². The Hall–Kier alpha value is -2.19. The Kier molecular flexibility index (Phi) is 4.22. The fraction of sp³-hybridized carbons (Fsp3) is 0.682. The van der Waals surface area contributed by atoms with Gasteiger partial charge in [0.15, 0.2) is 5.78 Å². The predicted molar refractivity (Wildman–Crippen MR) is 99.9 cm³/mol. The molecule has 3 heterocycles. The summed E-state index contributed by atoms with van der Waals surface area (Å²) in [4.78, 5) is 38.5. The summed E-state index contributed by atoms with van der Waals surface area (Å²) in [6.07, 6.45) is 3.55. The molecule has 0 amide bonds. The fourth-order valence-corrected chi connectivity index (χ4v) is 6.59. The SMILES string of the molecule is CC(=O)OCC12C(O)C(=O)C(C)C3(CC(c4ccoc4)OC3=O)C1CCCC21CO1. The third kappa shape index (κ3) is 2.32. The maximum absolute atomic E-state index is 13.5. The summed E-state index contributed by atoms with van der Waals surface area (Å²) in [6.45, 7) is 3.22.